The first-order valence-corrected chi connectivity index (χ1v) is 8.01. The zero-order valence-corrected chi connectivity index (χ0v) is 12.2. The van der Waals surface area contributed by atoms with E-state index in [0.717, 1.165) is 23.6 Å². The first-order chi connectivity index (χ1) is 9.26. The fraction of sp³-hybridized carbons (Fsp3) is 0.462. The maximum Gasteiger partial charge on any atom is 0.277 e. The summed E-state index contributed by atoms with van der Waals surface area (Å²) < 4.78 is 5.58. The minimum absolute atomic E-state index is 0.333. The molecule has 0 aromatic carbocycles. The van der Waals surface area contributed by atoms with E-state index in [-0.39, 0.29) is 0 Å². The molecule has 1 aliphatic carbocycles. The Kier molecular flexibility index (Phi) is 3.58. The van der Waals surface area contributed by atoms with Gasteiger partial charge >= 0.3 is 0 Å². The smallest absolute Gasteiger partial charge is 0.277 e. The molecule has 0 radical (unpaired) electrons. The summed E-state index contributed by atoms with van der Waals surface area (Å²) in [6.45, 7) is 2.30. The highest BCUT2D eigenvalue weighted by Crippen LogP contribution is 2.37. The molecule has 2 aromatic heterocycles. The highest BCUT2D eigenvalue weighted by atomic mass is 32.2. The van der Waals surface area contributed by atoms with Gasteiger partial charge in [0.25, 0.3) is 11.1 Å². The molecule has 1 atom stereocenters. The monoisotopic (exact) mass is 291 g/mol. The summed E-state index contributed by atoms with van der Waals surface area (Å²) in [6, 6.07) is 4.23. The van der Waals surface area contributed by atoms with E-state index in [2.05, 4.69) is 23.2 Å². The second-order valence-corrected chi connectivity index (χ2v) is 6.79. The van der Waals surface area contributed by atoms with Crippen LogP contribution >= 0.6 is 23.1 Å². The largest absolute Gasteiger partial charge is 0.410 e. The van der Waals surface area contributed by atoms with Gasteiger partial charge in [0.15, 0.2) is 0 Å². The minimum atomic E-state index is 0.333. The zero-order valence-electron chi connectivity index (χ0n) is 10.5. The van der Waals surface area contributed by atoms with E-state index in [4.69, 9.17) is 9.68 Å². The first kappa shape index (κ1) is 12.7. The van der Waals surface area contributed by atoms with Gasteiger partial charge in [-0.3, -0.25) is 0 Å². The summed E-state index contributed by atoms with van der Waals surface area (Å²) in [5.74, 6) is 1.67. The molecule has 1 aliphatic rings. The molecule has 0 bridgehead atoms. The third-order valence-electron chi connectivity index (χ3n) is 3.21. The van der Waals surface area contributed by atoms with Crippen LogP contribution in [0.4, 0.5) is 0 Å². The van der Waals surface area contributed by atoms with Gasteiger partial charge in [-0.2, -0.15) is 5.26 Å². The SMILES string of the molecule is CC1CCc2sc(-c3nnc(SCC#N)o3)cc2C1. The Balaban J connectivity index is 1.83. The summed E-state index contributed by atoms with van der Waals surface area (Å²) in [5.41, 5.74) is 1.43. The number of rotatable bonds is 3. The summed E-state index contributed by atoms with van der Waals surface area (Å²) in [6.07, 6.45) is 3.57. The summed E-state index contributed by atoms with van der Waals surface area (Å²) in [7, 11) is 0. The van der Waals surface area contributed by atoms with Crippen LogP contribution < -0.4 is 0 Å². The number of nitrogens with zero attached hydrogens (tertiary/aromatic N) is 3. The molecular formula is C13H13N3OS2. The molecule has 0 fully saturated rings. The molecule has 0 saturated carbocycles. The molecule has 2 aromatic rings. The van der Waals surface area contributed by atoms with Gasteiger partial charge < -0.3 is 4.42 Å². The van der Waals surface area contributed by atoms with Crippen LogP contribution in [0.5, 0.6) is 0 Å². The van der Waals surface area contributed by atoms with Gasteiger partial charge in [-0.15, -0.1) is 21.5 Å². The fourth-order valence-corrected chi connectivity index (χ4v) is 3.83. The molecular weight excluding hydrogens is 278 g/mol. The summed E-state index contributed by atoms with van der Waals surface area (Å²) >= 11 is 3.03. The number of nitriles is 1. The number of hydrogen-bond acceptors (Lipinski definition) is 6. The van der Waals surface area contributed by atoms with Crippen molar-refractivity contribution < 1.29 is 4.42 Å². The number of thioether (sulfide) groups is 1. The van der Waals surface area contributed by atoms with Crippen LogP contribution in [-0.4, -0.2) is 16.0 Å². The van der Waals surface area contributed by atoms with Crippen molar-refractivity contribution in [3.63, 3.8) is 0 Å². The number of fused-ring (bicyclic) bond motifs is 1. The molecule has 4 nitrogen and oxygen atoms in total. The highest BCUT2D eigenvalue weighted by molar-refractivity contribution is 7.99. The molecule has 0 amide bonds. The van der Waals surface area contributed by atoms with Gasteiger partial charge in [0.05, 0.1) is 16.7 Å². The molecule has 19 heavy (non-hydrogen) atoms. The van der Waals surface area contributed by atoms with Crippen molar-refractivity contribution >= 4 is 23.1 Å². The lowest BCUT2D eigenvalue weighted by Crippen LogP contribution is -2.07. The van der Waals surface area contributed by atoms with Crippen LogP contribution in [0.1, 0.15) is 23.8 Å². The lowest BCUT2D eigenvalue weighted by molar-refractivity contribution is 0.467. The first-order valence-electron chi connectivity index (χ1n) is 6.21. The highest BCUT2D eigenvalue weighted by Gasteiger charge is 2.20. The van der Waals surface area contributed by atoms with Gasteiger partial charge in [-0.1, -0.05) is 18.7 Å². The second-order valence-electron chi connectivity index (χ2n) is 4.73. The van der Waals surface area contributed by atoms with Crippen molar-refractivity contribution in [1.29, 1.82) is 5.26 Å². The van der Waals surface area contributed by atoms with Crippen molar-refractivity contribution in [2.45, 2.75) is 31.4 Å². The van der Waals surface area contributed by atoms with Gasteiger partial charge in [0.1, 0.15) is 0 Å². The Bertz CT molecular complexity index is 626. The van der Waals surface area contributed by atoms with Crippen molar-refractivity contribution in [1.82, 2.24) is 10.2 Å². The van der Waals surface area contributed by atoms with E-state index < -0.39 is 0 Å². The molecule has 0 N–H and O–H groups in total. The number of aryl methyl sites for hydroxylation is 1. The normalized spacial score (nSPS) is 18.0. The molecule has 6 heteroatoms. The molecule has 98 valence electrons. The van der Waals surface area contributed by atoms with E-state index in [1.807, 2.05) is 6.07 Å². The molecule has 1 unspecified atom stereocenters. The van der Waals surface area contributed by atoms with Crippen molar-refractivity contribution in [2.24, 2.45) is 5.92 Å². The van der Waals surface area contributed by atoms with E-state index in [9.17, 15) is 0 Å². The Morgan fingerprint density at radius 2 is 2.47 bits per heavy atom. The van der Waals surface area contributed by atoms with Gasteiger partial charge in [-0.05, 0) is 36.8 Å². The Hall–Kier alpha value is -1.32. The molecule has 0 spiro atoms. The average Bonchev–Trinajstić information content (AvgIpc) is 3.01. The quantitative estimate of drug-likeness (QED) is 0.809. The number of hydrogen-bond donors (Lipinski definition) is 0. The van der Waals surface area contributed by atoms with Crippen LogP contribution in [0.2, 0.25) is 0 Å². The van der Waals surface area contributed by atoms with Crippen molar-refractivity contribution in [3.05, 3.63) is 16.5 Å². The van der Waals surface area contributed by atoms with Crippen molar-refractivity contribution in [2.75, 3.05) is 5.75 Å². The minimum Gasteiger partial charge on any atom is -0.410 e. The van der Waals surface area contributed by atoms with Crippen molar-refractivity contribution in [3.8, 4) is 16.8 Å². The van der Waals surface area contributed by atoms with E-state index in [0.29, 0.717) is 16.9 Å². The standard InChI is InChI=1S/C13H13N3OS2/c1-8-2-3-10-9(6-8)7-11(19-10)12-15-16-13(17-12)18-5-4-14/h7-8H,2-3,5-6H2,1H3. The van der Waals surface area contributed by atoms with Gasteiger partial charge in [0.2, 0.25) is 0 Å². The third-order valence-corrected chi connectivity index (χ3v) is 5.12. The van der Waals surface area contributed by atoms with E-state index in [1.54, 1.807) is 11.3 Å². The van der Waals surface area contributed by atoms with Crippen LogP contribution in [-0.2, 0) is 12.8 Å². The molecule has 3 rings (SSSR count). The van der Waals surface area contributed by atoms with E-state index >= 15 is 0 Å². The number of aromatic nitrogens is 2. The molecule has 0 aliphatic heterocycles. The molecule has 0 saturated heterocycles. The lowest BCUT2D eigenvalue weighted by Gasteiger charge is -2.16. The Morgan fingerprint density at radius 3 is 3.32 bits per heavy atom. The summed E-state index contributed by atoms with van der Waals surface area (Å²) in [5, 5.41) is 17.0. The summed E-state index contributed by atoms with van der Waals surface area (Å²) in [4.78, 5) is 2.51. The Morgan fingerprint density at radius 1 is 1.58 bits per heavy atom. The predicted octanol–water partition coefficient (Wildman–Crippen LogP) is 3.54. The zero-order chi connectivity index (χ0) is 13.2. The van der Waals surface area contributed by atoms with Crippen LogP contribution in [0.15, 0.2) is 15.7 Å². The third kappa shape index (κ3) is 2.67. The van der Waals surface area contributed by atoms with Gasteiger partial charge in [-0.25, -0.2) is 0 Å². The maximum absolute atomic E-state index is 8.53. The van der Waals surface area contributed by atoms with Crippen LogP contribution in [0.3, 0.4) is 0 Å². The number of thiophene rings is 1. The maximum atomic E-state index is 8.53. The van der Waals surface area contributed by atoms with Crippen LogP contribution in [0.25, 0.3) is 10.8 Å². The fourth-order valence-electron chi connectivity index (χ4n) is 2.27. The van der Waals surface area contributed by atoms with Crippen LogP contribution in [0, 0.1) is 17.2 Å². The predicted molar refractivity (Wildman–Crippen MR) is 75.1 cm³/mol. The second kappa shape index (κ2) is 5.35. The Labute approximate surface area is 119 Å². The van der Waals surface area contributed by atoms with E-state index in [1.165, 1.54) is 28.6 Å². The van der Waals surface area contributed by atoms with Gasteiger partial charge in [0, 0.05) is 4.88 Å². The average molecular weight is 291 g/mol. The lowest BCUT2D eigenvalue weighted by atomic mass is 9.90. The molecule has 2 heterocycles. The topological polar surface area (TPSA) is 62.7 Å².